The summed E-state index contributed by atoms with van der Waals surface area (Å²) in [6.07, 6.45) is 0. The number of methoxy groups -OCH3 is 1. The van der Waals surface area contributed by atoms with Gasteiger partial charge in [-0.1, -0.05) is 35.9 Å². The van der Waals surface area contributed by atoms with Gasteiger partial charge in [-0.2, -0.15) is 0 Å². The van der Waals surface area contributed by atoms with Crippen LogP contribution in [0.15, 0.2) is 42.5 Å². The number of benzene rings is 1. The van der Waals surface area contributed by atoms with E-state index in [4.69, 9.17) is 16.3 Å². The molecule has 0 amide bonds. The van der Waals surface area contributed by atoms with Crippen molar-refractivity contribution in [1.82, 2.24) is 9.88 Å². The summed E-state index contributed by atoms with van der Waals surface area (Å²) in [5.41, 5.74) is 3.23. The average molecular weight is 305 g/mol. The van der Waals surface area contributed by atoms with Gasteiger partial charge >= 0.3 is 0 Å². The van der Waals surface area contributed by atoms with Crippen LogP contribution in [0.2, 0.25) is 5.02 Å². The maximum Gasteiger partial charge on any atom is 0.0589 e. The second kappa shape index (κ2) is 8.13. The van der Waals surface area contributed by atoms with Crippen LogP contribution in [0.25, 0.3) is 0 Å². The molecule has 0 fully saturated rings. The van der Waals surface area contributed by atoms with Crippen molar-refractivity contribution in [3.63, 3.8) is 0 Å². The zero-order valence-electron chi connectivity index (χ0n) is 12.6. The first-order valence-electron chi connectivity index (χ1n) is 7.06. The van der Waals surface area contributed by atoms with E-state index in [-0.39, 0.29) is 0 Å². The quantitative estimate of drug-likeness (QED) is 0.780. The number of nitrogens with zero attached hydrogens (tertiary/aromatic N) is 2. The standard InChI is InChI=1S/C17H21ClN2O/c1-14-6-5-8-16(19-14)13-20(10-11-21-2)12-15-7-3-4-9-17(15)18/h3-9H,10-13H2,1-2H3. The molecule has 0 saturated heterocycles. The molecule has 4 heteroatoms. The highest BCUT2D eigenvalue weighted by Crippen LogP contribution is 2.18. The molecule has 3 nitrogen and oxygen atoms in total. The maximum absolute atomic E-state index is 6.26. The van der Waals surface area contributed by atoms with Crippen LogP contribution in [0.4, 0.5) is 0 Å². The second-order valence-electron chi connectivity index (χ2n) is 5.07. The SMILES string of the molecule is COCCN(Cc1cccc(C)n1)Cc1ccccc1Cl. The number of ether oxygens (including phenoxy) is 1. The van der Waals surface area contributed by atoms with Gasteiger partial charge in [0.25, 0.3) is 0 Å². The van der Waals surface area contributed by atoms with E-state index in [1.54, 1.807) is 7.11 Å². The largest absolute Gasteiger partial charge is 0.383 e. The van der Waals surface area contributed by atoms with Crippen molar-refractivity contribution < 1.29 is 4.74 Å². The summed E-state index contributed by atoms with van der Waals surface area (Å²) in [6, 6.07) is 14.1. The van der Waals surface area contributed by atoms with Gasteiger partial charge in [0.2, 0.25) is 0 Å². The Morgan fingerprint density at radius 3 is 2.62 bits per heavy atom. The Kier molecular flexibility index (Phi) is 6.18. The summed E-state index contributed by atoms with van der Waals surface area (Å²) in [7, 11) is 1.72. The molecule has 112 valence electrons. The molecule has 0 aliphatic rings. The minimum absolute atomic E-state index is 0.691. The van der Waals surface area contributed by atoms with Crippen LogP contribution >= 0.6 is 11.6 Å². The van der Waals surface area contributed by atoms with Gasteiger partial charge in [-0.3, -0.25) is 9.88 Å². The third-order valence-corrected chi connectivity index (χ3v) is 3.66. The van der Waals surface area contributed by atoms with Crippen molar-refractivity contribution in [3.8, 4) is 0 Å². The van der Waals surface area contributed by atoms with E-state index in [9.17, 15) is 0 Å². The molecule has 2 aromatic rings. The molecule has 0 aliphatic carbocycles. The first-order chi connectivity index (χ1) is 10.2. The number of aromatic nitrogens is 1. The smallest absolute Gasteiger partial charge is 0.0589 e. The summed E-state index contributed by atoms with van der Waals surface area (Å²) >= 11 is 6.26. The van der Waals surface area contributed by atoms with Crippen LogP contribution in [-0.2, 0) is 17.8 Å². The maximum atomic E-state index is 6.26. The highest BCUT2D eigenvalue weighted by atomic mass is 35.5. The number of hydrogen-bond donors (Lipinski definition) is 0. The topological polar surface area (TPSA) is 25.4 Å². The van der Waals surface area contributed by atoms with Crippen LogP contribution in [0.1, 0.15) is 17.0 Å². The predicted molar refractivity (Wildman–Crippen MR) is 86.4 cm³/mol. The molecular formula is C17H21ClN2O. The highest BCUT2D eigenvalue weighted by Gasteiger charge is 2.10. The average Bonchev–Trinajstić information content (AvgIpc) is 2.47. The first-order valence-corrected chi connectivity index (χ1v) is 7.44. The van der Waals surface area contributed by atoms with Gasteiger partial charge in [0, 0.05) is 37.5 Å². The van der Waals surface area contributed by atoms with E-state index in [1.165, 1.54) is 0 Å². The molecule has 1 aromatic carbocycles. The molecule has 1 aromatic heterocycles. The molecule has 0 radical (unpaired) electrons. The first kappa shape index (κ1) is 16.0. The second-order valence-corrected chi connectivity index (χ2v) is 5.47. The van der Waals surface area contributed by atoms with Gasteiger partial charge in [0.15, 0.2) is 0 Å². The van der Waals surface area contributed by atoms with Gasteiger partial charge in [-0.25, -0.2) is 0 Å². The van der Waals surface area contributed by atoms with E-state index in [0.717, 1.165) is 41.6 Å². The molecule has 2 rings (SSSR count). The van der Waals surface area contributed by atoms with Crippen LogP contribution in [-0.4, -0.2) is 30.1 Å². The van der Waals surface area contributed by atoms with E-state index < -0.39 is 0 Å². The van der Waals surface area contributed by atoms with Crippen molar-refractivity contribution in [2.75, 3.05) is 20.3 Å². The Morgan fingerprint density at radius 2 is 1.90 bits per heavy atom. The highest BCUT2D eigenvalue weighted by molar-refractivity contribution is 6.31. The molecule has 0 saturated carbocycles. The van der Waals surface area contributed by atoms with Crippen LogP contribution in [0.3, 0.4) is 0 Å². The fraction of sp³-hybridized carbons (Fsp3) is 0.353. The lowest BCUT2D eigenvalue weighted by Crippen LogP contribution is -2.27. The molecule has 0 aliphatic heterocycles. The van der Waals surface area contributed by atoms with Crippen molar-refractivity contribution in [2.24, 2.45) is 0 Å². The molecule has 0 N–H and O–H groups in total. The fourth-order valence-corrected chi connectivity index (χ4v) is 2.41. The zero-order valence-corrected chi connectivity index (χ0v) is 13.3. The van der Waals surface area contributed by atoms with E-state index in [0.29, 0.717) is 6.61 Å². The number of aryl methyl sites for hydroxylation is 1. The molecule has 0 unspecified atom stereocenters. The van der Waals surface area contributed by atoms with Gasteiger partial charge < -0.3 is 4.74 Å². The lowest BCUT2D eigenvalue weighted by atomic mass is 10.2. The summed E-state index contributed by atoms with van der Waals surface area (Å²) < 4.78 is 5.21. The summed E-state index contributed by atoms with van der Waals surface area (Å²) in [4.78, 5) is 6.87. The number of pyridine rings is 1. The van der Waals surface area contributed by atoms with Crippen molar-refractivity contribution >= 4 is 11.6 Å². The van der Waals surface area contributed by atoms with E-state index in [1.807, 2.05) is 37.3 Å². The number of hydrogen-bond acceptors (Lipinski definition) is 3. The van der Waals surface area contributed by atoms with Crippen LogP contribution in [0.5, 0.6) is 0 Å². The molecule has 0 spiro atoms. The molecular weight excluding hydrogens is 284 g/mol. The van der Waals surface area contributed by atoms with Crippen molar-refractivity contribution in [1.29, 1.82) is 0 Å². The summed E-state index contributed by atoms with van der Waals surface area (Å²) in [5, 5.41) is 0.803. The van der Waals surface area contributed by atoms with E-state index >= 15 is 0 Å². The van der Waals surface area contributed by atoms with Crippen LogP contribution < -0.4 is 0 Å². The lowest BCUT2D eigenvalue weighted by molar-refractivity contribution is 0.139. The van der Waals surface area contributed by atoms with Crippen molar-refractivity contribution in [3.05, 3.63) is 64.4 Å². The predicted octanol–water partition coefficient (Wildman–Crippen LogP) is 3.69. The molecule has 0 bridgehead atoms. The monoisotopic (exact) mass is 304 g/mol. The van der Waals surface area contributed by atoms with Crippen molar-refractivity contribution in [2.45, 2.75) is 20.0 Å². The van der Waals surface area contributed by atoms with Crippen LogP contribution in [0, 0.1) is 6.92 Å². The summed E-state index contributed by atoms with van der Waals surface area (Å²) in [5.74, 6) is 0. The lowest BCUT2D eigenvalue weighted by Gasteiger charge is -2.22. The van der Waals surface area contributed by atoms with Gasteiger partial charge in [0.05, 0.1) is 12.3 Å². The zero-order chi connectivity index (χ0) is 15.1. The Labute approximate surface area is 131 Å². The Balaban J connectivity index is 2.09. The molecule has 0 atom stereocenters. The third kappa shape index (κ3) is 5.12. The van der Waals surface area contributed by atoms with E-state index in [2.05, 4.69) is 22.0 Å². The Bertz CT molecular complexity index is 574. The van der Waals surface area contributed by atoms with Gasteiger partial charge in [-0.15, -0.1) is 0 Å². The minimum Gasteiger partial charge on any atom is -0.383 e. The number of rotatable bonds is 7. The fourth-order valence-electron chi connectivity index (χ4n) is 2.22. The summed E-state index contributed by atoms with van der Waals surface area (Å²) in [6.45, 7) is 5.12. The Morgan fingerprint density at radius 1 is 1.10 bits per heavy atom. The molecule has 21 heavy (non-hydrogen) atoms. The Hall–Kier alpha value is -1.42. The van der Waals surface area contributed by atoms with Gasteiger partial charge in [0.1, 0.15) is 0 Å². The van der Waals surface area contributed by atoms with Gasteiger partial charge in [-0.05, 0) is 30.7 Å². The molecule has 1 heterocycles. The number of halogens is 1. The third-order valence-electron chi connectivity index (χ3n) is 3.30. The minimum atomic E-state index is 0.691. The normalized spacial score (nSPS) is 11.0.